The molecule has 1 N–H and O–H groups in total. The molecule has 0 saturated carbocycles. The van der Waals surface area contributed by atoms with E-state index in [-0.39, 0.29) is 18.9 Å². The van der Waals surface area contributed by atoms with Crippen LogP contribution in [0.25, 0.3) is 22.3 Å². The molecule has 0 aromatic heterocycles. The van der Waals surface area contributed by atoms with E-state index in [1.54, 1.807) is 0 Å². The summed E-state index contributed by atoms with van der Waals surface area (Å²) in [6.07, 6.45) is -0.484. The van der Waals surface area contributed by atoms with E-state index in [2.05, 4.69) is 24.3 Å². The van der Waals surface area contributed by atoms with E-state index in [0.29, 0.717) is 0 Å². The summed E-state index contributed by atoms with van der Waals surface area (Å²) in [5.74, 6) is -1.16. The van der Waals surface area contributed by atoms with Crippen LogP contribution in [0.2, 0.25) is 0 Å². The molecule has 1 aliphatic carbocycles. The number of hydrogen-bond donors (Lipinski definition) is 1. The molecule has 1 aliphatic rings. The van der Waals surface area contributed by atoms with Gasteiger partial charge in [-0.1, -0.05) is 103 Å². The van der Waals surface area contributed by atoms with Crippen LogP contribution in [0.4, 0.5) is 4.79 Å². The first-order chi connectivity index (χ1) is 17.5. The average molecular weight is 478 g/mol. The van der Waals surface area contributed by atoms with Crippen molar-refractivity contribution in [3.63, 3.8) is 0 Å². The standard InChI is InChI=1S/C31H27NO4/c1-32(29(30(33)34)19-22-13-5-6-14-23(22)21-11-3-2-4-12-21)31(35)36-20-28-26-17-9-7-15-24(26)25-16-8-10-18-27(25)28/h2-18,28-29H,19-20H2,1H3,(H,33,34)/t29-/m0/s1. The lowest BCUT2D eigenvalue weighted by atomic mass is 9.95. The second kappa shape index (κ2) is 10.1. The zero-order valence-corrected chi connectivity index (χ0v) is 20.0. The van der Waals surface area contributed by atoms with Gasteiger partial charge in [0.05, 0.1) is 0 Å². The summed E-state index contributed by atoms with van der Waals surface area (Å²) in [4.78, 5) is 26.5. The van der Waals surface area contributed by atoms with Crippen LogP contribution >= 0.6 is 0 Å². The van der Waals surface area contributed by atoms with E-state index in [0.717, 1.165) is 38.9 Å². The van der Waals surface area contributed by atoms with Gasteiger partial charge < -0.3 is 9.84 Å². The summed E-state index contributed by atoms with van der Waals surface area (Å²) < 4.78 is 5.71. The fraction of sp³-hybridized carbons (Fsp3) is 0.161. The summed E-state index contributed by atoms with van der Waals surface area (Å²) >= 11 is 0. The first-order valence-corrected chi connectivity index (χ1v) is 12.0. The van der Waals surface area contributed by atoms with Gasteiger partial charge >= 0.3 is 12.1 Å². The molecule has 180 valence electrons. The summed E-state index contributed by atoms with van der Waals surface area (Å²) in [6.45, 7) is 0.143. The van der Waals surface area contributed by atoms with Crippen molar-refractivity contribution < 1.29 is 19.4 Å². The Kier molecular flexibility index (Phi) is 6.54. The second-order valence-electron chi connectivity index (χ2n) is 9.00. The minimum atomic E-state index is -1.08. The van der Waals surface area contributed by atoms with Crippen LogP contribution < -0.4 is 0 Å². The van der Waals surface area contributed by atoms with E-state index in [1.165, 1.54) is 11.9 Å². The zero-order valence-electron chi connectivity index (χ0n) is 20.0. The molecule has 0 spiro atoms. The van der Waals surface area contributed by atoms with Gasteiger partial charge in [0.1, 0.15) is 12.6 Å². The van der Waals surface area contributed by atoms with Gasteiger partial charge in [0, 0.05) is 19.4 Å². The van der Waals surface area contributed by atoms with E-state index < -0.39 is 18.1 Å². The molecule has 0 heterocycles. The molecule has 4 aromatic rings. The summed E-state index contributed by atoms with van der Waals surface area (Å²) in [7, 11) is 1.49. The predicted octanol–water partition coefficient (Wildman–Crippen LogP) is 6.23. The molecule has 1 atom stereocenters. The Morgan fingerprint density at radius 2 is 1.31 bits per heavy atom. The molecule has 5 heteroatoms. The van der Waals surface area contributed by atoms with Crippen LogP contribution in [0.5, 0.6) is 0 Å². The van der Waals surface area contributed by atoms with Crippen LogP contribution in [-0.2, 0) is 16.0 Å². The number of nitrogens with zero attached hydrogens (tertiary/aromatic N) is 1. The highest BCUT2D eigenvalue weighted by Gasteiger charge is 2.32. The molecule has 5 rings (SSSR count). The highest BCUT2D eigenvalue weighted by molar-refractivity contribution is 5.82. The fourth-order valence-electron chi connectivity index (χ4n) is 5.02. The topological polar surface area (TPSA) is 66.8 Å². The maximum Gasteiger partial charge on any atom is 0.410 e. The third kappa shape index (κ3) is 4.48. The lowest BCUT2D eigenvalue weighted by molar-refractivity contribution is -0.142. The molecule has 0 saturated heterocycles. The van der Waals surface area contributed by atoms with Crippen molar-refractivity contribution in [2.75, 3.05) is 13.7 Å². The molecule has 0 bridgehead atoms. The van der Waals surface area contributed by atoms with Crippen LogP contribution in [0.1, 0.15) is 22.6 Å². The third-order valence-corrected chi connectivity index (χ3v) is 6.89. The molecule has 36 heavy (non-hydrogen) atoms. The number of aliphatic carboxylic acids is 1. The Bertz CT molecular complexity index is 1350. The number of hydrogen-bond acceptors (Lipinski definition) is 3. The number of ether oxygens (including phenoxy) is 1. The summed E-state index contributed by atoms with van der Waals surface area (Å²) in [5.41, 5.74) is 7.31. The smallest absolute Gasteiger partial charge is 0.410 e. The molecular formula is C31H27NO4. The zero-order chi connectivity index (χ0) is 25.1. The molecule has 0 fully saturated rings. The van der Waals surface area contributed by atoms with Crippen molar-refractivity contribution in [3.05, 3.63) is 120 Å². The first kappa shape index (κ1) is 23.4. The van der Waals surface area contributed by atoms with Crippen molar-refractivity contribution in [1.29, 1.82) is 0 Å². The lowest BCUT2D eigenvalue weighted by Gasteiger charge is -2.26. The lowest BCUT2D eigenvalue weighted by Crippen LogP contribution is -2.44. The molecule has 0 radical (unpaired) electrons. The summed E-state index contributed by atoms with van der Waals surface area (Å²) in [6, 6.07) is 32.7. The van der Waals surface area contributed by atoms with Gasteiger partial charge in [-0.25, -0.2) is 9.59 Å². The van der Waals surface area contributed by atoms with Crippen molar-refractivity contribution in [3.8, 4) is 22.3 Å². The minimum absolute atomic E-state index is 0.0863. The molecule has 1 amide bonds. The van der Waals surface area contributed by atoms with Gasteiger partial charge in [0.25, 0.3) is 0 Å². The highest BCUT2D eigenvalue weighted by atomic mass is 16.6. The van der Waals surface area contributed by atoms with Gasteiger partial charge in [0.15, 0.2) is 0 Å². The van der Waals surface area contributed by atoms with Crippen molar-refractivity contribution >= 4 is 12.1 Å². The monoisotopic (exact) mass is 477 g/mol. The highest BCUT2D eigenvalue weighted by Crippen LogP contribution is 2.44. The number of carboxylic acids is 1. The van der Waals surface area contributed by atoms with Gasteiger partial charge in [0.2, 0.25) is 0 Å². The average Bonchev–Trinajstić information content (AvgIpc) is 3.24. The predicted molar refractivity (Wildman–Crippen MR) is 140 cm³/mol. The van der Waals surface area contributed by atoms with E-state index in [1.807, 2.05) is 78.9 Å². The van der Waals surface area contributed by atoms with Gasteiger partial charge in [-0.05, 0) is 38.9 Å². The van der Waals surface area contributed by atoms with Crippen LogP contribution in [0.15, 0.2) is 103 Å². The van der Waals surface area contributed by atoms with Gasteiger partial charge in [-0.3, -0.25) is 4.90 Å². The number of likely N-dealkylation sites (N-methyl/N-ethyl adjacent to an activating group) is 1. The largest absolute Gasteiger partial charge is 0.480 e. The number of carboxylic acid groups (broad SMARTS) is 1. The van der Waals surface area contributed by atoms with Crippen molar-refractivity contribution in [1.82, 2.24) is 4.90 Å². The third-order valence-electron chi connectivity index (χ3n) is 6.89. The van der Waals surface area contributed by atoms with Crippen molar-refractivity contribution in [2.45, 2.75) is 18.4 Å². The van der Waals surface area contributed by atoms with E-state index in [9.17, 15) is 14.7 Å². The van der Waals surface area contributed by atoms with E-state index >= 15 is 0 Å². The van der Waals surface area contributed by atoms with Gasteiger partial charge in [-0.2, -0.15) is 0 Å². The molecule has 5 nitrogen and oxygen atoms in total. The Labute approximate surface area is 210 Å². The molecule has 0 aliphatic heterocycles. The summed E-state index contributed by atoms with van der Waals surface area (Å²) in [5, 5.41) is 10.0. The normalized spacial score (nSPS) is 12.9. The minimum Gasteiger partial charge on any atom is -0.480 e. The maximum absolute atomic E-state index is 13.1. The first-order valence-electron chi connectivity index (χ1n) is 12.0. The second-order valence-corrected chi connectivity index (χ2v) is 9.00. The molecule has 4 aromatic carbocycles. The fourth-order valence-corrected chi connectivity index (χ4v) is 5.02. The quantitative estimate of drug-likeness (QED) is 0.343. The number of amides is 1. The van der Waals surface area contributed by atoms with Crippen LogP contribution in [-0.4, -0.2) is 41.8 Å². The number of carbonyl (C=O) groups excluding carboxylic acids is 1. The number of benzene rings is 4. The van der Waals surface area contributed by atoms with Crippen LogP contribution in [0.3, 0.4) is 0 Å². The number of fused-ring (bicyclic) bond motifs is 3. The number of carbonyl (C=O) groups is 2. The Morgan fingerprint density at radius 3 is 1.92 bits per heavy atom. The SMILES string of the molecule is CN(C(=O)OCC1c2ccccc2-c2ccccc21)[C@@H](Cc1ccccc1-c1ccccc1)C(=O)O. The van der Waals surface area contributed by atoms with E-state index in [4.69, 9.17) is 4.74 Å². The van der Waals surface area contributed by atoms with Crippen LogP contribution in [0, 0.1) is 0 Å². The molecular weight excluding hydrogens is 450 g/mol. The van der Waals surface area contributed by atoms with Crippen molar-refractivity contribution in [2.24, 2.45) is 0 Å². The maximum atomic E-state index is 13.1. The Hall–Kier alpha value is -4.38. The molecule has 0 unspecified atom stereocenters. The van der Waals surface area contributed by atoms with Gasteiger partial charge in [-0.15, -0.1) is 0 Å². The Balaban J connectivity index is 1.33. The Morgan fingerprint density at radius 1 is 0.778 bits per heavy atom. The number of rotatable bonds is 7.